The zero-order chi connectivity index (χ0) is 9.41. The highest BCUT2D eigenvalue weighted by molar-refractivity contribution is 7.88. The van der Waals surface area contributed by atoms with Gasteiger partial charge in [-0.1, -0.05) is 0 Å². The average Bonchev–Trinajstić information content (AvgIpc) is 2.64. The molecule has 0 saturated heterocycles. The number of nitriles is 1. The second-order valence-corrected chi connectivity index (χ2v) is 5.21. The van der Waals surface area contributed by atoms with Gasteiger partial charge in [0.2, 0.25) is 10.0 Å². The lowest BCUT2D eigenvalue weighted by Gasteiger charge is -2.20. The van der Waals surface area contributed by atoms with Crippen LogP contribution in [0, 0.1) is 17.2 Å². The van der Waals surface area contributed by atoms with Crippen molar-refractivity contribution >= 4 is 10.0 Å². The van der Waals surface area contributed by atoms with Gasteiger partial charge in [-0.2, -0.15) is 9.98 Å². The molecule has 0 spiro atoms. The van der Waals surface area contributed by atoms with E-state index in [-0.39, 0.29) is 5.92 Å². The lowest BCUT2D eigenvalue weighted by molar-refractivity contribution is 0.461. The van der Waals surface area contributed by atoms with E-state index in [1.165, 1.54) is 0 Å². The standard InChI is InChI=1S/C7H12N2O2S/c1-7(5-8,6-3-4-6)9-12(2,10)11/h6,9H,3-4H2,1-2H3. The predicted octanol–water partition coefficient (Wildman–Crippen LogP) is 0.228. The monoisotopic (exact) mass is 188 g/mol. The van der Waals surface area contributed by atoms with Gasteiger partial charge in [0.05, 0.1) is 12.3 Å². The number of nitrogens with zero attached hydrogens (tertiary/aromatic N) is 1. The van der Waals surface area contributed by atoms with Crippen LogP contribution in [0.25, 0.3) is 0 Å². The molecule has 0 amide bonds. The molecule has 5 heteroatoms. The third kappa shape index (κ3) is 2.19. The Morgan fingerprint density at radius 3 is 2.33 bits per heavy atom. The molecule has 1 rings (SSSR count). The van der Waals surface area contributed by atoms with E-state index in [1.807, 2.05) is 6.07 Å². The van der Waals surface area contributed by atoms with Crippen LogP contribution in [0.15, 0.2) is 0 Å². The number of rotatable bonds is 3. The first-order chi connectivity index (χ1) is 5.37. The van der Waals surface area contributed by atoms with E-state index in [0.29, 0.717) is 0 Å². The molecular formula is C7H12N2O2S. The van der Waals surface area contributed by atoms with Gasteiger partial charge in [0, 0.05) is 0 Å². The lowest BCUT2D eigenvalue weighted by Crippen LogP contribution is -2.46. The van der Waals surface area contributed by atoms with Crippen molar-refractivity contribution in [2.24, 2.45) is 5.92 Å². The van der Waals surface area contributed by atoms with Gasteiger partial charge >= 0.3 is 0 Å². The minimum atomic E-state index is -3.27. The van der Waals surface area contributed by atoms with Crippen LogP contribution < -0.4 is 4.72 Å². The molecular weight excluding hydrogens is 176 g/mol. The molecule has 0 aromatic rings. The van der Waals surface area contributed by atoms with Gasteiger partial charge in [-0.15, -0.1) is 0 Å². The van der Waals surface area contributed by atoms with Crippen LogP contribution in [0.1, 0.15) is 19.8 Å². The van der Waals surface area contributed by atoms with Crippen molar-refractivity contribution in [2.75, 3.05) is 6.26 Å². The Morgan fingerprint density at radius 2 is 2.08 bits per heavy atom. The van der Waals surface area contributed by atoms with Gasteiger partial charge in [0.1, 0.15) is 5.54 Å². The molecule has 1 aliphatic carbocycles. The van der Waals surface area contributed by atoms with Crippen LogP contribution in [0.2, 0.25) is 0 Å². The number of hydrogen-bond donors (Lipinski definition) is 1. The highest BCUT2D eigenvalue weighted by Crippen LogP contribution is 2.39. The molecule has 0 aromatic carbocycles. The molecule has 1 atom stereocenters. The van der Waals surface area contributed by atoms with Crippen LogP contribution in [0.3, 0.4) is 0 Å². The minimum absolute atomic E-state index is 0.192. The number of hydrogen-bond acceptors (Lipinski definition) is 3. The Hall–Kier alpha value is -0.600. The average molecular weight is 188 g/mol. The summed E-state index contributed by atoms with van der Waals surface area (Å²) in [5.41, 5.74) is -0.895. The SMILES string of the molecule is CC(C#N)(NS(C)(=O)=O)C1CC1. The van der Waals surface area contributed by atoms with Crippen molar-refractivity contribution in [2.45, 2.75) is 25.3 Å². The topological polar surface area (TPSA) is 70.0 Å². The molecule has 68 valence electrons. The molecule has 12 heavy (non-hydrogen) atoms. The third-order valence-corrected chi connectivity index (χ3v) is 2.82. The quantitative estimate of drug-likeness (QED) is 0.689. The first kappa shape index (κ1) is 9.49. The fraction of sp³-hybridized carbons (Fsp3) is 0.857. The summed E-state index contributed by atoms with van der Waals surface area (Å²) in [7, 11) is -3.27. The van der Waals surface area contributed by atoms with Crippen LogP contribution in [-0.2, 0) is 10.0 Å². The van der Waals surface area contributed by atoms with Crippen LogP contribution in [0.5, 0.6) is 0 Å². The maximum atomic E-state index is 10.9. The second kappa shape index (κ2) is 2.71. The van der Waals surface area contributed by atoms with Crippen molar-refractivity contribution in [3.8, 4) is 6.07 Å². The first-order valence-electron chi connectivity index (χ1n) is 3.77. The fourth-order valence-corrected chi connectivity index (χ4v) is 2.23. The molecule has 4 nitrogen and oxygen atoms in total. The summed E-state index contributed by atoms with van der Waals surface area (Å²) < 4.78 is 24.1. The Bertz CT molecular complexity index is 313. The summed E-state index contributed by atoms with van der Waals surface area (Å²) >= 11 is 0. The molecule has 1 saturated carbocycles. The zero-order valence-electron chi connectivity index (χ0n) is 7.16. The molecule has 0 aromatic heterocycles. The Labute approximate surface area is 72.6 Å². The van der Waals surface area contributed by atoms with Crippen molar-refractivity contribution in [3.63, 3.8) is 0 Å². The Kier molecular flexibility index (Phi) is 2.15. The van der Waals surface area contributed by atoms with E-state index in [1.54, 1.807) is 6.92 Å². The zero-order valence-corrected chi connectivity index (χ0v) is 7.98. The van der Waals surface area contributed by atoms with Gasteiger partial charge in [-0.3, -0.25) is 0 Å². The second-order valence-electron chi connectivity index (χ2n) is 3.46. The third-order valence-electron chi connectivity index (χ3n) is 2.02. The van der Waals surface area contributed by atoms with Crippen molar-refractivity contribution in [1.82, 2.24) is 4.72 Å². The summed E-state index contributed by atoms with van der Waals surface area (Å²) in [5.74, 6) is 0.192. The van der Waals surface area contributed by atoms with E-state index in [9.17, 15) is 8.42 Å². The number of sulfonamides is 1. The van der Waals surface area contributed by atoms with E-state index in [4.69, 9.17) is 5.26 Å². The highest BCUT2D eigenvalue weighted by Gasteiger charge is 2.43. The summed E-state index contributed by atoms with van der Waals surface area (Å²) in [6.07, 6.45) is 2.95. The molecule has 0 bridgehead atoms. The molecule has 0 aliphatic heterocycles. The minimum Gasteiger partial charge on any atom is -0.213 e. The van der Waals surface area contributed by atoms with E-state index in [0.717, 1.165) is 19.1 Å². The Balaban J connectivity index is 2.76. The highest BCUT2D eigenvalue weighted by atomic mass is 32.2. The molecule has 1 N–H and O–H groups in total. The Morgan fingerprint density at radius 1 is 1.58 bits per heavy atom. The maximum Gasteiger partial charge on any atom is 0.210 e. The molecule has 1 unspecified atom stereocenters. The molecule has 1 aliphatic rings. The maximum absolute atomic E-state index is 10.9. The van der Waals surface area contributed by atoms with Crippen molar-refractivity contribution in [1.29, 1.82) is 5.26 Å². The number of nitrogens with one attached hydrogen (secondary N) is 1. The van der Waals surface area contributed by atoms with Crippen LogP contribution >= 0.6 is 0 Å². The van der Waals surface area contributed by atoms with Crippen LogP contribution in [0.4, 0.5) is 0 Å². The van der Waals surface area contributed by atoms with Gasteiger partial charge in [-0.05, 0) is 25.7 Å². The molecule has 1 fully saturated rings. The summed E-state index contributed by atoms with van der Waals surface area (Å²) in [5, 5.41) is 8.78. The lowest BCUT2D eigenvalue weighted by atomic mass is 10.0. The van der Waals surface area contributed by atoms with E-state index < -0.39 is 15.6 Å². The van der Waals surface area contributed by atoms with Gasteiger partial charge in [0.15, 0.2) is 0 Å². The summed E-state index contributed by atoms with van der Waals surface area (Å²) in [6.45, 7) is 1.63. The summed E-state index contributed by atoms with van der Waals surface area (Å²) in [4.78, 5) is 0. The molecule has 0 heterocycles. The molecule has 0 radical (unpaired) electrons. The predicted molar refractivity (Wildman–Crippen MR) is 44.7 cm³/mol. The van der Waals surface area contributed by atoms with Gasteiger partial charge in [-0.25, -0.2) is 8.42 Å². The smallest absolute Gasteiger partial charge is 0.210 e. The summed E-state index contributed by atoms with van der Waals surface area (Å²) in [6, 6.07) is 2.01. The fourth-order valence-electron chi connectivity index (χ4n) is 1.24. The normalized spacial score (nSPS) is 22.8. The largest absolute Gasteiger partial charge is 0.213 e. The van der Waals surface area contributed by atoms with Crippen LogP contribution in [-0.4, -0.2) is 20.2 Å². The van der Waals surface area contributed by atoms with E-state index >= 15 is 0 Å². The van der Waals surface area contributed by atoms with Gasteiger partial charge in [0.25, 0.3) is 0 Å². The van der Waals surface area contributed by atoms with E-state index in [2.05, 4.69) is 4.72 Å². The van der Waals surface area contributed by atoms with Gasteiger partial charge < -0.3 is 0 Å². The van der Waals surface area contributed by atoms with Crippen molar-refractivity contribution < 1.29 is 8.42 Å². The first-order valence-corrected chi connectivity index (χ1v) is 5.67. The van der Waals surface area contributed by atoms with Crippen molar-refractivity contribution in [3.05, 3.63) is 0 Å².